The average molecular weight is 190 g/mol. The molecule has 0 N–H and O–H groups in total. The van der Waals surface area contributed by atoms with Gasteiger partial charge in [0.15, 0.2) is 0 Å². The number of hydrogen-bond donors (Lipinski definition) is 0. The van der Waals surface area contributed by atoms with E-state index in [4.69, 9.17) is 8.85 Å². The topological polar surface area (TPSA) is 18.5 Å². The summed E-state index contributed by atoms with van der Waals surface area (Å²) in [6.45, 7) is 9.61. The van der Waals surface area contributed by atoms with Crippen LogP contribution in [0.5, 0.6) is 0 Å². The van der Waals surface area contributed by atoms with Gasteiger partial charge in [0.1, 0.15) is 0 Å². The summed E-state index contributed by atoms with van der Waals surface area (Å²) < 4.78 is 11.0. The van der Waals surface area contributed by atoms with Crippen LogP contribution >= 0.6 is 0 Å². The van der Waals surface area contributed by atoms with Gasteiger partial charge in [-0.1, -0.05) is 27.7 Å². The van der Waals surface area contributed by atoms with Crippen molar-refractivity contribution >= 4 is 9.28 Å². The van der Waals surface area contributed by atoms with Crippen molar-refractivity contribution in [1.82, 2.24) is 0 Å². The summed E-state index contributed by atoms with van der Waals surface area (Å²) in [5, 5.41) is 0. The Morgan fingerprint density at radius 1 is 1.17 bits per heavy atom. The number of hydrogen-bond acceptors (Lipinski definition) is 2. The number of rotatable bonds is 6. The van der Waals surface area contributed by atoms with Gasteiger partial charge in [-0.05, 0) is 17.9 Å². The van der Waals surface area contributed by atoms with Crippen LogP contribution in [0.25, 0.3) is 0 Å². The zero-order chi connectivity index (χ0) is 9.56. The molecule has 0 rings (SSSR count). The van der Waals surface area contributed by atoms with Gasteiger partial charge < -0.3 is 8.85 Å². The second kappa shape index (κ2) is 6.63. The Kier molecular flexibility index (Phi) is 6.71. The molecule has 0 aromatic heterocycles. The molecule has 1 atom stereocenters. The quantitative estimate of drug-likeness (QED) is 0.599. The largest absolute Gasteiger partial charge is 0.400 e. The van der Waals surface area contributed by atoms with Gasteiger partial charge in [-0.25, -0.2) is 0 Å². The van der Waals surface area contributed by atoms with Crippen molar-refractivity contribution in [2.45, 2.75) is 39.7 Å². The first-order chi connectivity index (χ1) is 5.57. The van der Waals surface area contributed by atoms with E-state index in [1.165, 1.54) is 0 Å². The molecule has 0 aromatic rings. The minimum atomic E-state index is -1.35. The molecule has 0 saturated heterocycles. The molecule has 0 bridgehead atoms. The Bertz CT molecular complexity index is 105. The van der Waals surface area contributed by atoms with Crippen LogP contribution in [-0.4, -0.2) is 23.0 Å². The van der Waals surface area contributed by atoms with Crippen LogP contribution in [-0.2, 0) is 8.85 Å². The molecule has 0 aromatic carbocycles. The summed E-state index contributed by atoms with van der Waals surface area (Å²) in [6.07, 6.45) is 1.14. The monoisotopic (exact) mass is 190 g/mol. The van der Waals surface area contributed by atoms with Gasteiger partial charge in [-0.2, -0.15) is 0 Å². The highest BCUT2D eigenvalue weighted by molar-refractivity contribution is 6.46. The van der Waals surface area contributed by atoms with E-state index in [-0.39, 0.29) is 0 Å². The van der Waals surface area contributed by atoms with Crippen LogP contribution < -0.4 is 0 Å². The second-order valence-corrected chi connectivity index (χ2v) is 6.78. The first-order valence-corrected chi connectivity index (χ1v) is 6.33. The predicted octanol–water partition coefficient (Wildman–Crippen LogP) is 2.33. The fraction of sp³-hybridized carbons (Fsp3) is 1.00. The molecule has 12 heavy (non-hydrogen) atoms. The Labute approximate surface area is 78.1 Å². The lowest BCUT2D eigenvalue weighted by atomic mass is 10.2. The smallest absolute Gasteiger partial charge is 0.323 e. The molecule has 0 radical (unpaired) electrons. The van der Waals surface area contributed by atoms with Crippen molar-refractivity contribution < 1.29 is 8.85 Å². The maximum absolute atomic E-state index is 5.68. The molecule has 0 aliphatic heterocycles. The van der Waals surface area contributed by atoms with Crippen molar-refractivity contribution in [3.05, 3.63) is 0 Å². The zero-order valence-electron chi connectivity index (χ0n) is 8.96. The summed E-state index contributed by atoms with van der Waals surface area (Å²) in [6, 6.07) is 0. The van der Waals surface area contributed by atoms with E-state index in [9.17, 15) is 0 Å². The third-order valence-corrected chi connectivity index (χ3v) is 3.87. The van der Waals surface area contributed by atoms with Crippen LogP contribution in [0.3, 0.4) is 0 Å². The van der Waals surface area contributed by atoms with Crippen LogP contribution in [0.2, 0.25) is 5.54 Å². The second-order valence-electron chi connectivity index (χ2n) is 3.90. The van der Waals surface area contributed by atoms with Crippen molar-refractivity contribution in [3.8, 4) is 0 Å². The van der Waals surface area contributed by atoms with E-state index in [0.29, 0.717) is 5.54 Å². The molecule has 74 valence electrons. The lowest BCUT2D eigenvalue weighted by Gasteiger charge is -2.17. The van der Waals surface area contributed by atoms with E-state index in [2.05, 4.69) is 27.7 Å². The Balaban J connectivity index is 3.45. The van der Waals surface area contributed by atoms with Gasteiger partial charge in [0.25, 0.3) is 0 Å². The Morgan fingerprint density at radius 3 is 2.08 bits per heavy atom. The maximum atomic E-state index is 5.68. The minimum absolute atomic E-state index is 0.571. The van der Waals surface area contributed by atoms with Gasteiger partial charge in [-0.15, -0.1) is 0 Å². The molecule has 0 fully saturated rings. The van der Waals surface area contributed by atoms with Crippen LogP contribution in [0.1, 0.15) is 34.1 Å². The SMILES string of the molecule is CO[SiH](OCCC(C)C)C(C)C. The Hall–Kier alpha value is 0.137. The molecule has 0 spiro atoms. The van der Waals surface area contributed by atoms with Crippen molar-refractivity contribution in [3.63, 3.8) is 0 Å². The summed E-state index contributed by atoms with van der Waals surface area (Å²) in [5.41, 5.74) is 0.571. The first kappa shape index (κ1) is 12.1. The summed E-state index contributed by atoms with van der Waals surface area (Å²) in [7, 11) is 0.411. The van der Waals surface area contributed by atoms with Crippen molar-refractivity contribution in [1.29, 1.82) is 0 Å². The molecule has 0 heterocycles. The van der Waals surface area contributed by atoms with Gasteiger partial charge in [0.05, 0.1) is 0 Å². The predicted molar refractivity (Wildman–Crippen MR) is 54.7 cm³/mol. The fourth-order valence-corrected chi connectivity index (χ4v) is 2.39. The van der Waals surface area contributed by atoms with Crippen molar-refractivity contribution in [2.24, 2.45) is 5.92 Å². The molecular formula is C9H22O2Si. The van der Waals surface area contributed by atoms with Gasteiger partial charge in [-0.3, -0.25) is 0 Å². The summed E-state index contributed by atoms with van der Waals surface area (Å²) >= 11 is 0. The summed E-state index contributed by atoms with van der Waals surface area (Å²) in [4.78, 5) is 0. The van der Waals surface area contributed by atoms with Gasteiger partial charge in [0.2, 0.25) is 0 Å². The Morgan fingerprint density at radius 2 is 1.75 bits per heavy atom. The van der Waals surface area contributed by atoms with Crippen molar-refractivity contribution in [2.75, 3.05) is 13.7 Å². The lowest BCUT2D eigenvalue weighted by Crippen LogP contribution is -2.25. The van der Waals surface area contributed by atoms with E-state index in [1.54, 1.807) is 7.11 Å². The highest BCUT2D eigenvalue weighted by Crippen LogP contribution is 2.10. The lowest BCUT2D eigenvalue weighted by molar-refractivity contribution is 0.210. The molecule has 0 aliphatic carbocycles. The minimum Gasteiger partial charge on any atom is -0.400 e. The summed E-state index contributed by atoms with van der Waals surface area (Å²) in [5.74, 6) is 0.726. The van der Waals surface area contributed by atoms with E-state index < -0.39 is 9.28 Å². The van der Waals surface area contributed by atoms with E-state index in [0.717, 1.165) is 18.9 Å². The third-order valence-electron chi connectivity index (χ3n) is 1.75. The maximum Gasteiger partial charge on any atom is 0.323 e. The average Bonchev–Trinajstić information content (AvgIpc) is 1.96. The third kappa shape index (κ3) is 5.74. The standard InChI is InChI=1S/C9H22O2Si/c1-8(2)6-7-11-12(10-5)9(3)4/h8-9,12H,6-7H2,1-5H3. The molecule has 3 heteroatoms. The van der Waals surface area contributed by atoms with Crippen LogP contribution in [0, 0.1) is 5.92 Å². The molecule has 0 saturated carbocycles. The van der Waals surface area contributed by atoms with Crippen LogP contribution in [0.4, 0.5) is 0 Å². The highest BCUT2D eigenvalue weighted by atomic mass is 28.3. The fourth-order valence-electron chi connectivity index (χ4n) is 0.953. The molecule has 2 nitrogen and oxygen atoms in total. The van der Waals surface area contributed by atoms with E-state index in [1.807, 2.05) is 0 Å². The molecular weight excluding hydrogens is 168 g/mol. The van der Waals surface area contributed by atoms with Gasteiger partial charge in [0, 0.05) is 13.7 Å². The zero-order valence-corrected chi connectivity index (χ0v) is 10.1. The normalized spacial score (nSPS) is 14.2. The van der Waals surface area contributed by atoms with E-state index >= 15 is 0 Å². The van der Waals surface area contributed by atoms with Crippen LogP contribution in [0.15, 0.2) is 0 Å². The highest BCUT2D eigenvalue weighted by Gasteiger charge is 2.16. The first-order valence-electron chi connectivity index (χ1n) is 4.72. The molecule has 0 amide bonds. The van der Waals surface area contributed by atoms with Gasteiger partial charge >= 0.3 is 9.28 Å². The molecule has 1 unspecified atom stereocenters. The molecule has 0 aliphatic rings.